The summed E-state index contributed by atoms with van der Waals surface area (Å²) < 4.78 is 5.24. The predicted octanol–water partition coefficient (Wildman–Crippen LogP) is 1.45. The van der Waals surface area contributed by atoms with Crippen LogP contribution in [0.3, 0.4) is 0 Å². The third-order valence-corrected chi connectivity index (χ3v) is 3.15. The van der Waals surface area contributed by atoms with Crippen LogP contribution in [0, 0.1) is 6.92 Å². The van der Waals surface area contributed by atoms with E-state index < -0.39 is 0 Å². The van der Waals surface area contributed by atoms with Gasteiger partial charge in [-0.05, 0) is 37.1 Å². The molecule has 1 saturated heterocycles. The van der Waals surface area contributed by atoms with E-state index in [1.165, 1.54) is 0 Å². The molecule has 1 aromatic carbocycles. The van der Waals surface area contributed by atoms with Gasteiger partial charge in [-0.1, -0.05) is 6.07 Å². The fourth-order valence-electron chi connectivity index (χ4n) is 2.27. The molecule has 0 aliphatic carbocycles. The Bertz CT molecular complexity index is 431. The van der Waals surface area contributed by atoms with Crippen molar-refractivity contribution in [3.63, 3.8) is 0 Å². The molecule has 1 fully saturated rings. The van der Waals surface area contributed by atoms with Gasteiger partial charge in [-0.15, -0.1) is 0 Å². The van der Waals surface area contributed by atoms with Crippen LogP contribution in [0.1, 0.15) is 24.2 Å². The Morgan fingerprint density at radius 3 is 2.88 bits per heavy atom. The minimum Gasteiger partial charge on any atom is -0.496 e. The van der Waals surface area contributed by atoms with E-state index in [0.717, 1.165) is 23.4 Å². The molecule has 1 aromatic rings. The van der Waals surface area contributed by atoms with Crippen LogP contribution in [0.25, 0.3) is 0 Å². The van der Waals surface area contributed by atoms with Crippen LogP contribution in [0.2, 0.25) is 0 Å². The van der Waals surface area contributed by atoms with E-state index in [1.807, 2.05) is 30.9 Å². The van der Waals surface area contributed by atoms with E-state index in [0.29, 0.717) is 6.54 Å². The first-order valence-electron chi connectivity index (χ1n) is 5.84. The molecule has 2 rings (SSSR count). The number of hydrogen-bond donors (Lipinski definition) is 1. The van der Waals surface area contributed by atoms with Crippen molar-refractivity contribution in [3.8, 4) is 5.75 Å². The molecule has 4 heteroatoms. The Kier molecular flexibility index (Phi) is 3.33. The molecular weight excluding hydrogens is 216 g/mol. The van der Waals surface area contributed by atoms with E-state index in [1.54, 1.807) is 7.11 Å². The second kappa shape index (κ2) is 4.75. The Labute approximate surface area is 102 Å². The Morgan fingerprint density at radius 1 is 1.53 bits per heavy atom. The molecule has 17 heavy (non-hydrogen) atoms. The summed E-state index contributed by atoms with van der Waals surface area (Å²) in [7, 11) is 1.66. The molecule has 0 radical (unpaired) electrons. The smallest absolute Gasteiger partial charge is 0.238 e. The zero-order chi connectivity index (χ0) is 12.4. The first kappa shape index (κ1) is 11.9. The predicted molar refractivity (Wildman–Crippen MR) is 65.9 cm³/mol. The number of rotatable bonds is 3. The number of aryl methyl sites for hydroxylation is 1. The van der Waals surface area contributed by atoms with E-state index in [2.05, 4.69) is 11.4 Å². The van der Waals surface area contributed by atoms with Gasteiger partial charge in [-0.25, -0.2) is 0 Å². The third kappa shape index (κ3) is 2.13. The van der Waals surface area contributed by atoms with Crippen molar-refractivity contribution in [3.05, 3.63) is 29.3 Å². The van der Waals surface area contributed by atoms with Crippen molar-refractivity contribution >= 4 is 5.91 Å². The Morgan fingerprint density at radius 2 is 2.29 bits per heavy atom. The van der Waals surface area contributed by atoms with Crippen LogP contribution in [0.5, 0.6) is 5.75 Å². The molecule has 1 heterocycles. The number of likely N-dealkylation sites (N-methyl/N-ethyl adjacent to an activating group) is 1. The maximum Gasteiger partial charge on any atom is 0.238 e. The number of nitrogens with one attached hydrogen (secondary N) is 1. The summed E-state index contributed by atoms with van der Waals surface area (Å²) in [5, 5.41) is 3.22. The number of benzene rings is 1. The average molecular weight is 234 g/mol. The van der Waals surface area contributed by atoms with Crippen LogP contribution < -0.4 is 10.1 Å². The molecule has 1 aliphatic rings. The van der Waals surface area contributed by atoms with Crippen LogP contribution in [0.15, 0.2) is 18.2 Å². The molecule has 0 spiro atoms. The van der Waals surface area contributed by atoms with Crippen molar-refractivity contribution in [1.29, 1.82) is 0 Å². The maximum absolute atomic E-state index is 11.6. The van der Waals surface area contributed by atoms with Gasteiger partial charge in [-0.2, -0.15) is 0 Å². The fraction of sp³-hybridized carbons (Fsp3) is 0.462. The van der Waals surface area contributed by atoms with Gasteiger partial charge < -0.3 is 9.64 Å². The summed E-state index contributed by atoms with van der Waals surface area (Å²) in [5.41, 5.74) is 2.19. The van der Waals surface area contributed by atoms with Gasteiger partial charge in [0.25, 0.3) is 0 Å². The van der Waals surface area contributed by atoms with Crippen molar-refractivity contribution in [2.45, 2.75) is 20.0 Å². The third-order valence-electron chi connectivity index (χ3n) is 3.15. The molecule has 1 unspecified atom stereocenters. The largest absolute Gasteiger partial charge is 0.496 e. The van der Waals surface area contributed by atoms with E-state index in [4.69, 9.17) is 4.74 Å². The molecule has 1 atom stereocenters. The van der Waals surface area contributed by atoms with Gasteiger partial charge in [0.05, 0.1) is 13.7 Å². The Balaban J connectivity index is 2.28. The van der Waals surface area contributed by atoms with E-state index >= 15 is 0 Å². The molecular formula is C13H18N2O2. The molecule has 0 bridgehead atoms. The lowest BCUT2D eigenvalue weighted by Crippen LogP contribution is -2.29. The highest BCUT2D eigenvalue weighted by Gasteiger charge is 2.30. The quantitative estimate of drug-likeness (QED) is 0.860. The minimum absolute atomic E-state index is 0.00268. The first-order valence-corrected chi connectivity index (χ1v) is 5.84. The number of methoxy groups -OCH3 is 1. The maximum atomic E-state index is 11.6. The van der Waals surface area contributed by atoms with Gasteiger partial charge in [-0.3, -0.25) is 10.1 Å². The molecule has 1 aliphatic heterocycles. The van der Waals surface area contributed by atoms with Crippen molar-refractivity contribution in [2.75, 3.05) is 20.2 Å². The zero-order valence-electron chi connectivity index (χ0n) is 10.5. The minimum atomic E-state index is -0.00268. The second-order valence-corrected chi connectivity index (χ2v) is 4.19. The van der Waals surface area contributed by atoms with E-state index in [-0.39, 0.29) is 12.1 Å². The zero-order valence-corrected chi connectivity index (χ0v) is 10.5. The summed E-state index contributed by atoms with van der Waals surface area (Å²) >= 11 is 0. The highest BCUT2D eigenvalue weighted by atomic mass is 16.5. The van der Waals surface area contributed by atoms with Crippen LogP contribution in [0.4, 0.5) is 0 Å². The molecule has 4 nitrogen and oxygen atoms in total. The van der Waals surface area contributed by atoms with Gasteiger partial charge in [0.1, 0.15) is 11.9 Å². The molecule has 92 valence electrons. The molecule has 0 saturated carbocycles. The van der Waals surface area contributed by atoms with Crippen LogP contribution in [-0.2, 0) is 4.79 Å². The number of carbonyl (C=O) groups is 1. The normalized spacial score (nSPS) is 19.8. The van der Waals surface area contributed by atoms with Crippen molar-refractivity contribution < 1.29 is 9.53 Å². The summed E-state index contributed by atoms with van der Waals surface area (Å²) in [5.74, 6) is 1.03. The summed E-state index contributed by atoms with van der Waals surface area (Å²) in [6.45, 7) is 5.15. The Hall–Kier alpha value is -1.55. The fourth-order valence-corrected chi connectivity index (χ4v) is 2.27. The average Bonchev–Trinajstić information content (AvgIpc) is 2.70. The highest BCUT2D eigenvalue weighted by molar-refractivity contribution is 5.80. The lowest BCUT2D eigenvalue weighted by Gasteiger charge is -2.23. The lowest BCUT2D eigenvalue weighted by molar-refractivity contribution is -0.127. The van der Waals surface area contributed by atoms with Gasteiger partial charge in [0, 0.05) is 6.54 Å². The number of nitrogens with zero attached hydrogens (tertiary/aromatic N) is 1. The molecule has 0 aromatic heterocycles. The van der Waals surface area contributed by atoms with E-state index in [9.17, 15) is 4.79 Å². The summed E-state index contributed by atoms with van der Waals surface area (Å²) in [4.78, 5) is 13.5. The standard InChI is InChI=1S/C13H18N2O2/c1-4-15-12(16)8-14-13(15)10-5-6-11(17-3)9(2)7-10/h5-7,13-14H,4,8H2,1-3H3. The van der Waals surface area contributed by atoms with Gasteiger partial charge in [0.2, 0.25) is 5.91 Å². The molecule has 1 N–H and O–H groups in total. The first-order chi connectivity index (χ1) is 8.17. The molecule has 1 amide bonds. The SMILES string of the molecule is CCN1C(=O)CNC1c1ccc(OC)c(C)c1. The van der Waals surface area contributed by atoms with Gasteiger partial charge in [0.15, 0.2) is 0 Å². The second-order valence-electron chi connectivity index (χ2n) is 4.19. The number of amides is 1. The van der Waals surface area contributed by atoms with Crippen LogP contribution >= 0.6 is 0 Å². The number of ether oxygens (including phenoxy) is 1. The summed E-state index contributed by atoms with van der Waals surface area (Å²) in [6, 6.07) is 6.02. The number of carbonyl (C=O) groups excluding carboxylic acids is 1. The topological polar surface area (TPSA) is 41.6 Å². The lowest BCUT2D eigenvalue weighted by atomic mass is 10.1. The van der Waals surface area contributed by atoms with Crippen LogP contribution in [-0.4, -0.2) is 31.0 Å². The highest BCUT2D eigenvalue weighted by Crippen LogP contribution is 2.26. The van der Waals surface area contributed by atoms with Gasteiger partial charge >= 0.3 is 0 Å². The van der Waals surface area contributed by atoms with Crippen molar-refractivity contribution in [2.24, 2.45) is 0 Å². The number of hydrogen-bond acceptors (Lipinski definition) is 3. The van der Waals surface area contributed by atoms with Crippen molar-refractivity contribution in [1.82, 2.24) is 10.2 Å². The summed E-state index contributed by atoms with van der Waals surface area (Å²) in [6.07, 6.45) is -0.00268. The monoisotopic (exact) mass is 234 g/mol.